The molecule has 0 aromatic rings. The second-order valence-corrected chi connectivity index (χ2v) is 9.87. The molecule has 1 atom stereocenters. The van der Waals surface area contributed by atoms with Crippen LogP contribution in [-0.2, 0) is 14.5 Å². The lowest BCUT2D eigenvalue weighted by molar-refractivity contribution is 0.252. The maximum atomic E-state index is 11.1. The molecule has 0 radical (unpaired) electrons. The molecule has 0 aromatic heterocycles. The van der Waals surface area contributed by atoms with Crippen molar-refractivity contribution in [2.75, 3.05) is 0 Å². The Labute approximate surface area is 113 Å². The van der Waals surface area contributed by atoms with Crippen molar-refractivity contribution in [3.8, 4) is 0 Å². The summed E-state index contributed by atoms with van der Waals surface area (Å²) in [5, 5.41) is 0. The summed E-state index contributed by atoms with van der Waals surface area (Å²) in [4.78, 5) is 0. The minimum absolute atomic E-state index is 0.236. The molecular formula is C12H26O4SSi. The lowest BCUT2D eigenvalue weighted by atomic mass is 9.92. The molecule has 108 valence electrons. The summed E-state index contributed by atoms with van der Waals surface area (Å²) in [6.45, 7) is 10.2. The van der Waals surface area contributed by atoms with Crippen molar-refractivity contribution in [1.82, 2.24) is 0 Å². The fourth-order valence-electron chi connectivity index (χ4n) is 1.38. The predicted octanol–water partition coefficient (Wildman–Crippen LogP) is 2.97. The first-order valence-corrected chi connectivity index (χ1v) is 10.6. The normalized spacial score (nSPS) is 15.5. The van der Waals surface area contributed by atoms with Crippen LogP contribution in [0.3, 0.4) is 0 Å². The Balaban J connectivity index is 4.21. The van der Waals surface area contributed by atoms with Crippen LogP contribution < -0.4 is 0 Å². The van der Waals surface area contributed by atoms with Gasteiger partial charge in [0.25, 0.3) is 10.1 Å². The van der Waals surface area contributed by atoms with Gasteiger partial charge in [0.1, 0.15) is 0 Å². The zero-order chi connectivity index (χ0) is 14.4. The highest BCUT2D eigenvalue weighted by Gasteiger charge is 2.23. The molecule has 0 saturated heterocycles. The van der Waals surface area contributed by atoms with Crippen molar-refractivity contribution in [3.05, 3.63) is 12.2 Å². The molecule has 4 nitrogen and oxygen atoms in total. The largest absolute Gasteiger partial charge is 0.403 e. The number of allylic oxidation sites excluding steroid dienone is 2. The number of rotatable bonds is 7. The summed E-state index contributed by atoms with van der Waals surface area (Å²) < 4.78 is 36.6. The van der Waals surface area contributed by atoms with E-state index in [4.69, 9.17) is 8.98 Å². The van der Waals surface area contributed by atoms with E-state index >= 15 is 0 Å². The SMILES string of the molecule is C[SiH](C)OC(CCC=CCC(C)(C)C)S(=O)(=O)O. The van der Waals surface area contributed by atoms with Crippen LogP contribution in [0.4, 0.5) is 0 Å². The Morgan fingerprint density at radius 2 is 1.83 bits per heavy atom. The second-order valence-electron chi connectivity index (χ2n) is 5.94. The highest BCUT2D eigenvalue weighted by molar-refractivity contribution is 7.86. The Morgan fingerprint density at radius 3 is 2.22 bits per heavy atom. The topological polar surface area (TPSA) is 63.6 Å². The average molecular weight is 294 g/mol. The molecule has 1 N–H and O–H groups in total. The minimum atomic E-state index is -4.10. The van der Waals surface area contributed by atoms with Crippen LogP contribution in [0.25, 0.3) is 0 Å². The molecule has 0 amide bonds. The van der Waals surface area contributed by atoms with Crippen molar-refractivity contribution >= 4 is 19.2 Å². The molecule has 0 bridgehead atoms. The monoisotopic (exact) mass is 294 g/mol. The van der Waals surface area contributed by atoms with E-state index in [1.165, 1.54) is 0 Å². The van der Waals surface area contributed by atoms with Crippen molar-refractivity contribution in [2.24, 2.45) is 5.41 Å². The Kier molecular flexibility index (Phi) is 7.35. The summed E-state index contributed by atoms with van der Waals surface area (Å²) in [5.74, 6) is 0. The van der Waals surface area contributed by atoms with E-state index in [9.17, 15) is 8.42 Å². The van der Waals surface area contributed by atoms with Gasteiger partial charge in [-0.25, -0.2) is 0 Å². The maximum absolute atomic E-state index is 11.1. The third-order valence-electron chi connectivity index (χ3n) is 2.22. The summed E-state index contributed by atoms with van der Waals surface area (Å²) in [6, 6.07) is 0. The molecule has 18 heavy (non-hydrogen) atoms. The van der Waals surface area contributed by atoms with Crippen LogP contribution in [0, 0.1) is 5.41 Å². The van der Waals surface area contributed by atoms with E-state index in [0.717, 1.165) is 6.42 Å². The smallest absolute Gasteiger partial charge is 0.291 e. The zero-order valence-corrected chi connectivity index (χ0v) is 14.0. The summed E-state index contributed by atoms with van der Waals surface area (Å²) in [6.07, 6.45) is 5.86. The first-order chi connectivity index (χ1) is 8.02. The van der Waals surface area contributed by atoms with E-state index < -0.39 is 24.6 Å². The highest BCUT2D eigenvalue weighted by atomic mass is 32.2. The van der Waals surface area contributed by atoms with Crippen molar-refractivity contribution < 1.29 is 17.4 Å². The lowest BCUT2D eigenvalue weighted by Gasteiger charge is -2.17. The van der Waals surface area contributed by atoms with Gasteiger partial charge >= 0.3 is 0 Å². The van der Waals surface area contributed by atoms with Crippen molar-refractivity contribution in [3.63, 3.8) is 0 Å². The van der Waals surface area contributed by atoms with Crippen molar-refractivity contribution in [2.45, 2.75) is 58.6 Å². The van der Waals surface area contributed by atoms with E-state index in [0.29, 0.717) is 12.8 Å². The number of hydrogen-bond acceptors (Lipinski definition) is 3. The van der Waals surface area contributed by atoms with Crippen LogP contribution >= 0.6 is 0 Å². The maximum Gasteiger partial charge on any atom is 0.291 e. The van der Waals surface area contributed by atoms with Crippen LogP contribution in [0.1, 0.15) is 40.0 Å². The molecule has 0 saturated carbocycles. The zero-order valence-electron chi connectivity index (χ0n) is 12.0. The van der Waals surface area contributed by atoms with Gasteiger partial charge in [-0.15, -0.1) is 0 Å². The summed E-state index contributed by atoms with van der Waals surface area (Å²) in [7, 11) is -5.57. The quantitative estimate of drug-likeness (QED) is 0.445. The molecule has 0 spiro atoms. The molecule has 0 aromatic carbocycles. The molecule has 6 heteroatoms. The molecule has 1 unspecified atom stereocenters. The molecule has 0 aliphatic carbocycles. The molecule has 0 aliphatic rings. The van der Waals surface area contributed by atoms with Gasteiger partial charge in [-0.1, -0.05) is 32.9 Å². The lowest BCUT2D eigenvalue weighted by Crippen LogP contribution is -2.28. The number of hydrogen-bond donors (Lipinski definition) is 1. The van der Waals surface area contributed by atoms with Gasteiger partial charge in [0.2, 0.25) is 0 Å². The van der Waals surface area contributed by atoms with Gasteiger partial charge in [-0.3, -0.25) is 4.55 Å². The predicted molar refractivity (Wildman–Crippen MR) is 77.7 cm³/mol. The fraction of sp³-hybridized carbons (Fsp3) is 0.833. The second kappa shape index (κ2) is 7.42. The standard InChI is InChI=1S/C12H26O4SSi/c1-12(2,3)10-8-6-7-9-11(16-18(4)5)17(13,14)15/h6,8,11,18H,7,9-10H2,1-5H3,(H,13,14,15). The third kappa shape index (κ3) is 9.82. The van der Waals surface area contributed by atoms with Gasteiger partial charge in [0.05, 0.1) is 0 Å². The van der Waals surface area contributed by atoms with Gasteiger partial charge in [0, 0.05) is 0 Å². The van der Waals surface area contributed by atoms with Gasteiger partial charge in [-0.2, -0.15) is 8.42 Å². The minimum Gasteiger partial charge on any atom is -0.403 e. The first-order valence-electron chi connectivity index (χ1n) is 6.29. The van der Waals surface area contributed by atoms with Crippen LogP contribution in [0.15, 0.2) is 12.2 Å². The van der Waals surface area contributed by atoms with Crippen LogP contribution in [-0.4, -0.2) is 27.4 Å². The molecular weight excluding hydrogens is 268 g/mol. The fourth-order valence-corrected chi connectivity index (χ4v) is 3.78. The van der Waals surface area contributed by atoms with Gasteiger partial charge < -0.3 is 4.43 Å². The highest BCUT2D eigenvalue weighted by Crippen LogP contribution is 2.19. The molecule has 0 fully saturated rings. The Bertz CT molecular complexity index is 355. The van der Waals surface area contributed by atoms with Crippen molar-refractivity contribution in [1.29, 1.82) is 0 Å². The average Bonchev–Trinajstić information content (AvgIpc) is 2.11. The summed E-state index contributed by atoms with van der Waals surface area (Å²) in [5.41, 5.74) is -0.830. The van der Waals surface area contributed by atoms with Crippen LogP contribution in [0.5, 0.6) is 0 Å². The van der Waals surface area contributed by atoms with E-state index in [1.54, 1.807) is 0 Å². The third-order valence-corrected chi connectivity index (χ3v) is 4.30. The first kappa shape index (κ1) is 17.8. The Hall–Kier alpha value is -0.173. The summed E-state index contributed by atoms with van der Waals surface area (Å²) >= 11 is 0. The van der Waals surface area contributed by atoms with Crippen LogP contribution in [0.2, 0.25) is 13.1 Å². The molecule has 0 rings (SSSR count). The molecule has 0 heterocycles. The molecule has 0 aliphatic heterocycles. The Morgan fingerprint density at radius 1 is 1.28 bits per heavy atom. The van der Waals surface area contributed by atoms with E-state index in [2.05, 4.69) is 20.8 Å². The van der Waals surface area contributed by atoms with E-state index in [1.807, 2.05) is 25.2 Å². The van der Waals surface area contributed by atoms with Gasteiger partial charge in [-0.05, 0) is 37.8 Å². The van der Waals surface area contributed by atoms with E-state index in [-0.39, 0.29) is 5.41 Å². The van der Waals surface area contributed by atoms with Gasteiger partial charge in [0.15, 0.2) is 14.5 Å².